The van der Waals surface area contributed by atoms with Crippen molar-refractivity contribution in [1.29, 1.82) is 0 Å². The van der Waals surface area contributed by atoms with Crippen molar-refractivity contribution in [3.05, 3.63) is 23.2 Å². The molecule has 1 unspecified atom stereocenters. The van der Waals surface area contributed by atoms with Gasteiger partial charge in [-0.3, -0.25) is 9.80 Å². The molecule has 1 fully saturated rings. The van der Waals surface area contributed by atoms with Gasteiger partial charge in [-0.05, 0) is 39.4 Å². The number of hydrogen-bond donors (Lipinski definition) is 1. The minimum absolute atomic E-state index is 0.644. The van der Waals surface area contributed by atoms with Gasteiger partial charge in [-0.1, -0.05) is 13.8 Å². The van der Waals surface area contributed by atoms with Gasteiger partial charge in [0, 0.05) is 37.8 Å². The highest BCUT2D eigenvalue weighted by Crippen LogP contribution is 2.18. The van der Waals surface area contributed by atoms with Crippen molar-refractivity contribution in [2.75, 3.05) is 32.7 Å². The third-order valence-corrected chi connectivity index (χ3v) is 4.45. The molecule has 1 saturated heterocycles. The topological polar surface area (TPSA) is 31.6 Å². The molecule has 0 aromatic carbocycles. The second-order valence-electron chi connectivity index (χ2n) is 6.18. The van der Waals surface area contributed by atoms with Crippen molar-refractivity contribution in [3.8, 4) is 0 Å². The highest BCUT2D eigenvalue weighted by Gasteiger charge is 2.23. The van der Waals surface area contributed by atoms with Gasteiger partial charge < -0.3 is 9.73 Å². The number of furan rings is 1. The van der Waals surface area contributed by atoms with Crippen molar-refractivity contribution < 1.29 is 4.42 Å². The molecule has 0 aliphatic carbocycles. The van der Waals surface area contributed by atoms with Gasteiger partial charge >= 0.3 is 0 Å². The van der Waals surface area contributed by atoms with Crippen molar-refractivity contribution >= 4 is 0 Å². The fourth-order valence-electron chi connectivity index (χ4n) is 3.15. The molecular weight excluding hydrogens is 262 g/mol. The zero-order chi connectivity index (χ0) is 15.2. The lowest BCUT2D eigenvalue weighted by atomic mass is 10.2. The summed E-state index contributed by atoms with van der Waals surface area (Å²) in [6.45, 7) is 16.4. The smallest absolute Gasteiger partial charge is 0.118 e. The maximum Gasteiger partial charge on any atom is 0.118 e. The maximum absolute atomic E-state index is 5.94. The lowest BCUT2D eigenvalue weighted by Crippen LogP contribution is -2.51. The third-order valence-electron chi connectivity index (χ3n) is 4.45. The lowest BCUT2D eigenvalue weighted by Gasteiger charge is -2.38. The predicted molar refractivity (Wildman–Crippen MR) is 87.4 cm³/mol. The Hall–Kier alpha value is -0.840. The third kappa shape index (κ3) is 4.56. The van der Waals surface area contributed by atoms with Gasteiger partial charge in [-0.25, -0.2) is 0 Å². The van der Waals surface area contributed by atoms with Crippen molar-refractivity contribution in [2.24, 2.45) is 0 Å². The molecule has 4 heteroatoms. The second-order valence-corrected chi connectivity index (χ2v) is 6.18. The lowest BCUT2D eigenvalue weighted by molar-refractivity contribution is 0.0788. The Morgan fingerprint density at radius 3 is 2.81 bits per heavy atom. The molecule has 4 nitrogen and oxygen atoms in total. The van der Waals surface area contributed by atoms with E-state index in [1.54, 1.807) is 0 Å². The molecule has 1 aromatic rings. The minimum atomic E-state index is 0.644. The second kappa shape index (κ2) is 7.97. The zero-order valence-corrected chi connectivity index (χ0v) is 14.1. The molecule has 1 aliphatic heterocycles. The van der Waals surface area contributed by atoms with Gasteiger partial charge in [0.1, 0.15) is 11.5 Å². The summed E-state index contributed by atoms with van der Waals surface area (Å²) in [4.78, 5) is 5.06. The minimum Gasteiger partial charge on any atom is -0.465 e. The van der Waals surface area contributed by atoms with Crippen LogP contribution in [0.2, 0.25) is 0 Å². The fraction of sp³-hybridized carbons (Fsp3) is 0.765. The van der Waals surface area contributed by atoms with E-state index in [0.717, 1.165) is 50.8 Å². The van der Waals surface area contributed by atoms with E-state index in [1.165, 1.54) is 18.5 Å². The van der Waals surface area contributed by atoms with Gasteiger partial charge in [0.05, 0.1) is 6.54 Å². The van der Waals surface area contributed by atoms with E-state index in [1.807, 2.05) is 0 Å². The molecule has 0 saturated carbocycles. The Balaban J connectivity index is 1.87. The first-order chi connectivity index (χ1) is 10.1. The summed E-state index contributed by atoms with van der Waals surface area (Å²) in [6.07, 6.45) is 1.17. The number of rotatable bonds is 7. The summed E-state index contributed by atoms with van der Waals surface area (Å²) in [5.41, 5.74) is 1.30. The van der Waals surface area contributed by atoms with Crippen LogP contribution in [0.15, 0.2) is 10.5 Å². The van der Waals surface area contributed by atoms with Crippen LogP contribution in [-0.2, 0) is 13.1 Å². The van der Waals surface area contributed by atoms with Gasteiger partial charge in [-0.15, -0.1) is 0 Å². The molecule has 120 valence electrons. The van der Waals surface area contributed by atoms with Crippen molar-refractivity contribution in [2.45, 2.75) is 53.2 Å². The Labute approximate surface area is 129 Å². The highest BCUT2D eigenvalue weighted by molar-refractivity contribution is 5.20. The number of piperazine rings is 1. The van der Waals surface area contributed by atoms with Crippen LogP contribution in [0.5, 0.6) is 0 Å². The molecular formula is C17H31N3O. The first-order valence-electron chi connectivity index (χ1n) is 8.39. The normalized spacial score (nSPS) is 21.0. The summed E-state index contributed by atoms with van der Waals surface area (Å²) in [5, 5.41) is 3.45. The predicted octanol–water partition coefficient (Wildman–Crippen LogP) is 2.61. The monoisotopic (exact) mass is 293 g/mol. The summed E-state index contributed by atoms with van der Waals surface area (Å²) < 4.78 is 5.94. The van der Waals surface area contributed by atoms with Crippen LogP contribution in [0.3, 0.4) is 0 Å². The number of hydrogen-bond acceptors (Lipinski definition) is 4. The molecule has 0 radical (unpaired) electrons. The van der Waals surface area contributed by atoms with Gasteiger partial charge in [0.2, 0.25) is 0 Å². The summed E-state index contributed by atoms with van der Waals surface area (Å²) in [7, 11) is 0. The Bertz CT molecular complexity index is 430. The van der Waals surface area contributed by atoms with Gasteiger partial charge in [-0.2, -0.15) is 0 Å². The van der Waals surface area contributed by atoms with E-state index in [0.29, 0.717) is 6.04 Å². The maximum atomic E-state index is 5.94. The quantitative estimate of drug-likeness (QED) is 0.783. The summed E-state index contributed by atoms with van der Waals surface area (Å²) >= 11 is 0. The molecule has 1 aliphatic rings. The van der Waals surface area contributed by atoms with Crippen LogP contribution >= 0.6 is 0 Å². The van der Waals surface area contributed by atoms with Crippen LogP contribution in [0.4, 0.5) is 0 Å². The molecule has 0 bridgehead atoms. The van der Waals surface area contributed by atoms with Crippen LogP contribution in [0.1, 0.15) is 44.3 Å². The highest BCUT2D eigenvalue weighted by atomic mass is 16.3. The molecule has 0 spiro atoms. The van der Waals surface area contributed by atoms with Crippen LogP contribution in [-0.4, -0.2) is 48.6 Å². The van der Waals surface area contributed by atoms with Gasteiger partial charge in [0.25, 0.3) is 0 Å². The van der Waals surface area contributed by atoms with Crippen LogP contribution in [0, 0.1) is 6.92 Å². The molecule has 1 aromatic heterocycles. The molecule has 2 heterocycles. The Kier molecular flexibility index (Phi) is 6.27. The number of aryl methyl sites for hydroxylation is 1. The average Bonchev–Trinajstić information content (AvgIpc) is 2.79. The molecule has 2 rings (SSSR count). The standard InChI is InChI=1S/C17H31N3O/c1-5-7-18-11-16-10-17(21-15(16)4)13-19-8-9-20(6-2)14(3)12-19/h10,14,18H,5-9,11-13H2,1-4H3. The fourth-order valence-corrected chi connectivity index (χ4v) is 3.15. The summed E-state index contributed by atoms with van der Waals surface area (Å²) in [6, 6.07) is 2.87. The molecule has 21 heavy (non-hydrogen) atoms. The van der Waals surface area contributed by atoms with Crippen LogP contribution in [0.25, 0.3) is 0 Å². The van der Waals surface area contributed by atoms with Gasteiger partial charge in [0.15, 0.2) is 0 Å². The van der Waals surface area contributed by atoms with Crippen molar-refractivity contribution in [3.63, 3.8) is 0 Å². The summed E-state index contributed by atoms with van der Waals surface area (Å²) in [5.74, 6) is 2.17. The van der Waals surface area contributed by atoms with E-state index in [2.05, 4.69) is 48.9 Å². The van der Waals surface area contributed by atoms with Crippen LogP contribution < -0.4 is 5.32 Å². The largest absolute Gasteiger partial charge is 0.465 e. The van der Waals surface area contributed by atoms with E-state index in [4.69, 9.17) is 4.42 Å². The number of nitrogens with one attached hydrogen (secondary N) is 1. The average molecular weight is 293 g/mol. The molecule has 1 N–H and O–H groups in total. The van der Waals surface area contributed by atoms with E-state index >= 15 is 0 Å². The molecule has 1 atom stereocenters. The number of nitrogens with zero attached hydrogens (tertiary/aromatic N) is 2. The first kappa shape index (κ1) is 16.5. The molecule has 0 amide bonds. The number of likely N-dealkylation sites (N-methyl/N-ethyl adjacent to an activating group) is 1. The van der Waals surface area contributed by atoms with E-state index in [9.17, 15) is 0 Å². The Morgan fingerprint density at radius 2 is 2.14 bits per heavy atom. The SMILES string of the molecule is CCCNCc1cc(CN2CCN(CC)C(C)C2)oc1C. The zero-order valence-electron chi connectivity index (χ0n) is 14.1. The van der Waals surface area contributed by atoms with E-state index in [-0.39, 0.29) is 0 Å². The first-order valence-corrected chi connectivity index (χ1v) is 8.39. The van der Waals surface area contributed by atoms with Crippen molar-refractivity contribution in [1.82, 2.24) is 15.1 Å². The van der Waals surface area contributed by atoms with E-state index < -0.39 is 0 Å². The Morgan fingerprint density at radius 1 is 1.33 bits per heavy atom.